The van der Waals surface area contributed by atoms with Crippen LogP contribution in [0.2, 0.25) is 0 Å². The van der Waals surface area contributed by atoms with Gasteiger partial charge in [-0.05, 0) is 43.2 Å². The zero-order valence-corrected chi connectivity index (χ0v) is 15.4. The summed E-state index contributed by atoms with van der Waals surface area (Å²) in [5.74, 6) is -1.09. The van der Waals surface area contributed by atoms with Gasteiger partial charge in [0, 0.05) is 12.7 Å². The molecule has 0 aliphatic carbocycles. The summed E-state index contributed by atoms with van der Waals surface area (Å²) in [7, 11) is 2.83. The summed E-state index contributed by atoms with van der Waals surface area (Å²) < 4.78 is 4.62. The molecule has 2 aromatic rings. The molecule has 2 rings (SSSR count). The van der Waals surface area contributed by atoms with E-state index >= 15 is 0 Å². The quantitative estimate of drug-likeness (QED) is 0.832. The molecular weight excluding hydrogens is 340 g/mol. The minimum Gasteiger partial charge on any atom is -0.465 e. The van der Waals surface area contributed by atoms with Gasteiger partial charge in [0.05, 0.1) is 18.5 Å². The molecule has 6 nitrogen and oxygen atoms in total. The summed E-state index contributed by atoms with van der Waals surface area (Å²) in [6.07, 6.45) is 0. The summed E-state index contributed by atoms with van der Waals surface area (Å²) >= 11 is 1.04. The van der Waals surface area contributed by atoms with Gasteiger partial charge >= 0.3 is 5.97 Å². The maximum Gasteiger partial charge on any atom is 0.348 e. The van der Waals surface area contributed by atoms with E-state index in [4.69, 9.17) is 0 Å². The predicted octanol–water partition coefficient (Wildman–Crippen LogP) is 2.86. The second-order valence-electron chi connectivity index (χ2n) is 5.61. The van der Waals surface area contributed by atoms with E-state index in [0.717, 1.165) is 28.2 Å². The third-order valence-electron chi connectivity index (χ3n) is 3.81. The number of benzene rings is 1. The SMILES string of the molecule is COC(=O)c1ccc(C(=O)N(C)CC(=O)Nc2cccc(C)c2C)s1. The summed E-state index contributed by atoms with van der Waals surface area (Å²) in [6.45, 7) is 3.81. The Morgan fingerprint density at radius 1 is 1.12 bits per heavy atom. The summed E-state index contributed by atoms with van der Waals surface area (Å²) in [5.41, 5.74) is 2.80. The zero-order valence-electron chi connectivity index (χ0n) is 14.6. The Morgan fingerprint density at radius 3 is 2.48 bits per heavy atom. The average Bonchev–Trinajstić information content (AvgIpc) is 3.07. The van der Waals surface area contributed by atoms with Crippen LogP contribution in [0.1, 0.15) is 30.5 Å². The molecule has 0 atom stereocenters. The van der Waals surface area contributed by atoms with Crippen LogP contribution in [0, 0.1) is 13.8 Å². The molecule has 1 N–H and O–H groups in total. The van der Waals surface area contributed by atoms with Gasteiger partial charge in [0.1, 0.15) is 4.88 Å². The van der Waals surface area contributed by atoms with Crippen molar-refractivity contribution in [2.75, 3.05) is 26.0 Å². The summed E-state index contributed by atoms with van der Waals surface area (Å²) in [5, 5.41) is 2.82. The normalized spacial score (nSPS) is 10.2. The first kappa shape index (κ1) is 18.7. The molecule has 0 bridgehead atoms. The minimum absolute atomic E-state index is 0.0856. The van der Waals surface area contributed by atoms with Crippen LogP contribution < -0.4 is 5.32 Å². The number of aryl methyl sites for hydroxylation is 1. The Bertz CT molecular complexity index is 813. The van der Waals surface area contributed by atoms with Gasteiger partial charge in [-0.25, -0.2) is 4.79 Å². The molecule has 0 aliphatic rings. The second-order valence-corrected chi connectivity index (χ2v) is 6.70. The number of likely N-dealkylation sites (N-methyl/N-ethyl adjacent to an activating group) is 1. The van der Waals surface area contributed by atoms with Crippen molar-refractivity contribution < 1.29 is 19.1 Å². The standard InChI is InChI=1S/C18H20N2O4S/c1-11-6-5-7-13(12(11)2)19-16(21)10-20(3)17(22)14-8-9-15(25-14)18(23)24-4/h5-9H,10H2,1-4H3,(H,19,21). The number of hydrogen-bond donors (Lipinski definition) is 1. The number of methoxy groups -OCH3 is 1. The zero-order chi connectivity index (χ0) is 18.6. The van der Waals surface area contributed by atoms with E-state index in [2.05, 4.69) is 10.1 Å². The van der Waals surface area contributed by atoms with Crippen LogP contribution in [-0.2, 0) is 9.53 Å². The molecular formula is C18H20N2O4S. The fourth-order valence-electron chi connectivity index (χ4n) is 2.21. The number of carbonyl (C=O) groups is 3. The van der Waals surface area contributed by atoms with E-state index < -0.39 is 5.97 Å². The molecule has 0 saturated heterocycles. The maximum absolute atomic E-state index is 12.4. The molecule has 132 valence electrons. The van der Waals surface area contributed by atoms with Crippen LogP contribution in [0.15, 0.2) is 30.3 Å². The molecule has 0 spiro atoms. The average molecular weight is 360 g/mol. The number of anilines is 1. The third kappa shape index (κ3) is 4.45. The van der Waals surface area contributed by atoms with Crippen LogP contribution in [0.3, 0.4) is 0 Å². The third-order valence-corrected chi connectivity index (χ3v) is 4.86. The van der Waals surface area contributed by atoms with E-state index in [1.165, 1.54) is 18.1 Å². The van der Waals surface area contributed by atoms with E-state index in [0.29, 0.717) is 9.75 Å². The van der Waals surface area contributed by atoms with Crippen molar-refractivity contribution in [3.63, 3.8) is 0 Å². The molecule has 0 saturated carbocycles. The van der Waals surface area contributed by atoms with E-state index in [1.54, 1.807) is 13.1 Å². The molecule has 0 radical (unpaired) electrons. The van der Waals surface area contributed by atoms with Gasteiger partial charge in [0.15, 0.2) is 0 Å². The van der Waals surface area contributed by atoms with Crippen LogP contribution in [0.5, 0.6) is 0 Å². The number of thiophene rings is 1. The number of carbonyl (C=O) groups excluding carboxylic acids is 3. The Kier molecular flexibility index (Phi) is 5.93. The van der Waals surface area contributed by atoms with Gasteiger partial charge in [0.2, 0.25) is 5.91 Å². The maximum atomic E-state index is 12.4. The number of ether oxygens (including phenoxy) is 1. The first-order valence-electron chi connectivity index (χ1n) is 7.63. The Balaban J connectivity index is 2.00. The lowest BCUT2D eigenvalue weighted by atomic mass is 10.1. The second kappa shape index (κ2) is 7.94. The number of nitrogens with one attached hydrogen (secondary N) is 1. The largest absolute Gasteiger partial charge is 0.465 e. The number of nitrogens with zero attached hydrogens (tertiary/aromatic N) is 1. The van der Waals surface area contributed by atoms with Crippen molar-refractivity contribution in [1.82, 2.24) is 4.90 Å². The number of rotatable bonds is 5. The van der Waals surface area contributed by atoms with E-state index in [9.17, 15) is 14.4 Å². The van der Waals surface area contributed by atoms with Crippen molar-refractivity contribution in [1.29, 1.82) is 0 Å². The van der Waals surface area contributed by atoms with Gasteiger partial charge in [-0.3, -0.25) is 9.59 Å². The predicted molar refractivity (Wildman–Crippen MR) is 97.2 cm³/mol. The van der Waals surface area contributed by atoms with Crippen molar-refractivity contribution in [3.05, 3.63) is 51.2 Å². The van der Waals surface area contributed by atoms with Gasteiger partial charge in [-0.2, -0.15) is 0 Å². The Morgan fingerprint density at radius 2 is 1.80 bits per heavy atom. The van der Waals surface area contributed by atoms with Crippen LogP contribution in [0.4, 0.5) is 5.69 Å². The van der Waals surface area contributed by atoms with Crippen molar-refractivity contribution in [2.45, 2.75) is 13.8 Å². The van der Waals surface area contributed by atoms with Crippen molar-refractivity contribution in [2.24, 2.45) is 0 Å². The summed E-state index contributed by atoms with van der Waals surface area (Å²) in [4.78, 5) is 38.1. The van der Waals surface area contributed by atoms with Gasteiger partial charge < -0.3 is 15.0 Å². The smallest absolute Gasteiger partial charge is 0.348 e. The molecule has 0 unspecified atom stereocenters. The lowest BCUT2D eigenvalue weighted by Gasteiger charge is -2.17. The number of esters is 1. The first-order valence-corrected chi connectivity index (χ1v) is 8.44. The number of hydrogen-bond acceptors (Lipinski definition) is 5. The van der Waals surface area contributed by atoms with Gasteiger partial charge in [0.25, 0.3) is 5.91 Å². The highest BCUT2D eigenvalue weighted by Crippen LogP contribution is 2.20. The molecule has 1 aromatic heterocycles. The van der Waals surface area contributed by atoms with E-state index in [1.807, 2.05) is 32.0 Å². The lowest BCUT2D eigenvalue weighted by molar-refractivity contribution is -0.116. The minimum atomic E-state index is -0.487. The van der Waals surface area contributed by atoms with E-state index in [-0.39, 0.29) is 18.4 Å². The fraction of sp³-hybridized carbons (Fsp3) is 0.278. The molecule has 0 fully saturated rings. The topological polar surface area (TPSA) is 75.7 Å². The highest BCUT2D eigenvalue weighted by Gasteiger charge is 2.19. The molecule has 25 heavy (non-hydrogen) atoms. The molecule has 7 heteroatoms. The monoisotopic (exact) mass is 360 g/mol. The fourth-order valence-corrected chi connectivity index (χ4v) is 3.13. The summed E-state index contributed by atoms with van der Waals surface area (Å²) in [6, 6.07) is 8.75. The van der Waals surface area contributed by atoms with Crippen molar-refractivity contribution >= 4 is 34.8 Å². The molecule has 1 aromatic carbocycles. The lowest BCUT2D eigenvalue weighted by Crippen LogP contribution is -2.34. The highest BCUT2D eigenvalue weighted by molar-refractivity contribution is 7.15. The molecule has 2 amide bonds. The molecule has 0 aliphatic heterocycles. The van der Waals surface area contributed by atoms with Crippen molar-refractivity contribution in [3.8, 4) is 0 Å². The Hall–Kier alpha value is -2.67. The van der Waals surface area contributed by atoms with Gasteiger partial charge in [-0.1, -0.05) is 12.1 Å². The highest BCUT2D eigenvalue weighted by atomic mass is 32.1. The van der Waals surface area contributed by atoms with Gasteiger partial charge in [-0.15, -0.1) is 11.3 Å². The van der Waals surface area contributed by atoms with Crippen LogP contribution >= 0.6 is 11.3 Å². The number of amides is 2. The first-order chi connectivity index (χ1) is 11.8. The Labute approximate surface area is 150 Å². The molecule has 1 heterocycles. The van der Waals surface area contributed by atoms with Crippen LogP contribution in [-0.4, -0.2) is 43.4 Å². The van der Waals surface area contributed by atoms with Crippen LogP contribution in [0.25, 0.3) is 0 Å².